The first-order valence-electron chi connectivity index (χ1n) is 8.72. The van der Waals surface area contributed by atoms with Gasteiger partial charge < -0.3 is 19.9 Å². The molecule has 9 nitrogen and oxygen atoms in total. The molecule has 27 heavy (non-hydrogen) atoms. The number of ether oxygens (including phenoxy) is 2. The number of carbonyl (C=O) groups excluding carboxylic acids is 2. The van der Waals surface area contributed by atoms with Crippen LogP contribution < -0.4 is 5.32 Å². The fourth-order valence-corrected chi connectivity index (χ4v) is 3.47. The molecule has 1 aromatic rings. The van der Waals surface area contributed by atoms with Gasteiger partial charge in [0.05, 0.1) is 23.8 Å². The summed E-state index contributed by atoms with van der Waals surface area (Å²) in [7, 11) is 0. The lowest BCUT2D eigenvalue weighted by molar-refractivity contribution is -0.116. The first kappa shape index (κ1) is 18.8. The second kappa shape index (κ2) is 8.11. The zero-order valence-electron chi connectivity index (χ0n) is 14.6. The minimum absolute atomic E-state index is 0.00922. The molecule has 1 spiro atoms. The van der Waals surface area contributed by atoms with E-state index < -0.39 is 17.8 Å². The summed E-state index contributed by atoms with van der Waals surface area (Å²) in [5.41, 5.74) is 8.33. The van der Waals surface area contributed by atoms with Crippen LogP contribution in [-0.2, 0) is 14.3 Å². The van der Waals surface area contributed by atoms with Gasteiger partial charge in [0.1, 0.15) is 12.4 Å². The van der Waals surface area contributed by atoms with Crippen molar-refractivity contribution in [1.82, 2.24) is 5.32 Å². The first-order chi connectivity index (χ1) is 13.1. The van der Waals surface area contributed by atoms with Gasteiger partial charge in [-0.15, -0.1) is 0 Å². The monoisotopic (exact) mass is 372 g/mol. The molecule has 1 aliphatic heterocycles. The molecule has 9 heteroatoms. The Morgan fingerprint density at radius 1 is 1.33 bits per heavy atom. The summed E-state index contributed by atoms with van der Waals surface area (Å²) < 4.78 is 10.4. The van der Waals surface area contributed by atoms with Crippen LogP contribution in [0.25, 0.3) is 16.0 Å². The highest BCUT2D eigenvalue weighted by Gasteiger charge is 2.49. The second-order valence-electron chi connectivity index (χ2n) is 6.49. The van der Waals surface area contributed by atoms with Gasteiger partial charge in [-0.25, -0.2) is 4.79 Å². The molecule has 1 heterocycles. The van der Waals surface area contributed by atoms with E-state index in [9.17, 15) is 14.7 Å². The van der Waals surface area contributed by atoms with Crippen molar-refractivity contribution in [2.24, 2.45) is 5.11 Å². The number of rotatable bonds is 5. The summed E-state index contributed by atoms with van der Waals surface area (Å²) >= 11 is 0. The highest BCUT2D eigenvalue weighted by molar-refractivity contribution is 6.23. The Bertz CT molecular complexity index is 793. The first-order valence-corrected chi connectivity index (χ1v) is 8.72. The standard InChI is InChI=1S/C18H20N4O5/c19-22-20-10-11-26-17(25)27-15-14(12-4-2-1-3-5-12)16(24)21-18(15)8-6-13(23)7-9-18/h1-5,13,23H,6-11H2,(H,21,24)/t13-,18+. The van der Waals surface area contributed by atoms with Crippen LogP contribution in [0.2, 0.25) is 0 Å². The average Bonchev–Trinajstić information content (AvgIpc) is 2.93. The van der Waals surface area contributed by atoms with Gasteiger partial charge in [0, 0.05) is 4.91 Å². The smallest absolute Gasteiger partial charge is 0.434 e. The largest absolute Gasteiger partial charge is 0.513 e. The van der Waals surface area contributed by atoms with Crippen molar-refractivity contribution in [3.05, 3.63) is 52.1 Å². The van der Waals surface area contributed by atoms with Crippen LogP contribution in [0, 0.1) is 0 Å². The SMILES string of the molecule is [N-]=[N+]=NCCOC(=O)OC1=C(c2ccccc2)C(=O)N[C@]12CC[C@@H](O)CC2. The van der Waals surface area contributed by atoms with Crippen LogP contribution in [0.5, 0.6) is 0 Å². The van der Waals surface area contributed by atoms with Gasteiger partial charge in [0.2, 0.25) is 0 Å². The van der Waals surface area contributed by atoms with Gasteiger partial charge in [-0.05, 0) is 36.8 Å². The van der Waals surface area contributed by atoms with Crippen molar-refractivity contribution in [2.45, 2.75) is 37.3 Å². The molecule has 0 radical (unpaired) electrons. The topological polar surface area (TPSA) is 134 Å². The van der Waals surface area contributed by atoms with E-state index in [4.69, 9.17) is 15.0 Å². The lowest BCUT2D eigenvalue weighted by Gasteiger charge is -2.36. The zero-order valence-corrected chi connectivity index (χ0v) is 14.6. The van der Waals surface area contributed by atoms with E-state index in [1.807, 2.05) is 6.07 Å². The van der Waals surface area contributed by atoms with Crippen LogP contribution in [-0.4, -0.2) is 42.0 Å². The normalized spacial score (nSPS) is 24.3. The van der Waals surface area contributed by atoms with E-state index in [1.54, 1.807) is 24.3 Å². The summed E-state index contributed by atoms with van der Waals surface area (Å²) in [5.74, 6) is -0.103. The van der Waals surface area contributed by atoms with Crippen LogP contribution in [0.3, 0.4) is 0 Å². The van der Waals surface area contributed by atoms with Gasteiger partial charge in [0.25, 0.3) is 5.91 Å². The minimum atomic E-state index is -0.964. The number of hydrogen-bond donors (Lipinski definition) is 2. The Hall–Kier alpha value is -3.03. The van der Waals surface area contributed by atoms with Crippen LogP contribution in [0.15, 0.2) is 41.2 Å². The summed E-state index contributed by atoms with van der Waals surface area (Å²) in [5, 5.41) is 16.1. The van der Waals surface area contributed by atoms with E-state index in [1.165, 1.54) is 0 Å². The molecule has 0 atom stereocenters. The third-order valence-corrected chi connectivity index (χ3v) is 4.77. The molecule has 2 aliphatic rings. The molecule has 0 unspecified atom stereocenters. The third-order valence-electron chi connectivity index (χ3n) is 4.77. The van der Waals surface area contributed by atoms with Gasteiger partial charge in [-0.3, -0.25) is 4.79 Å². The Labute approximate surface area is 155 Å². The lowest BCUT2D eigenvalue weighted by Crippen LogP contribution is -2.48. The predicted octanol–water partition coefficient (Wildman–Crippen LogP) is 2.66. The molecule has 1 aromatic carbocycles. The quantitative estimate of drug-likeness (QED) is 0.269. The number of benzene rings is 1. The maximum atomic E-state index is 12.7. The summed E-state index contributed by atoms with van der Waals surface area (Å²) in [6.07, 6.45) is 0.483. The molecule has 1 saturated carbocycles. The van der Waals surface area contributed by atoms with E-state index >= 15 is 0 Å². The highest BCUT2D eigenvalue weighted by Crippen LogP contribution is 2.43. The van der Waals surface area contributed by atoms with Gasteiger partial charge in [0.15, 0.2) is 0 Å². The molecule has 142 valence electrons. The summed E-state index contributed by atoms with van der Waals surface area (Å²) in [6, 6.07) is 8.94. The van der Waals surface area contributed by atoms with Crippen LogP contribution >= 0.6 is 0 Å². The highest BCUT2D eigenvalue weighted by atomic mass is 16.7. The maximum Gasteiger partial charge on any atom is 0.513 e. The van der Waals surface area contributed by atoms with Crippen molar-refractivity contribution in [3.8, 4) is 0 Å². The number of azide groups is 1. The predicted molar refractivity (Wildman–Crippen MR) is 95.2 cm³/mol. The van der Waals surface area contributed by atoms with E-state index in [0.717, 1.165) is 0 Å². The number of hydrogen-bond acceptors (Lipinski definition) is 6. The van der Waals surface area contributed by atoms with E-state index in [-0.39, 0.29) is 24.8 Å². The Balaban J connectivity index is 1.90. The molecule has 2 N–H and O–H groups in total. The van der Waals surface area contributed by atoms with Gasteiger partial charge >= 0.3 is 6.16 Å². The fourth-order valence-electron chi connectivity index (χ4n) is 3.47. The fraction of sp³-hybridized carbons (Fsp3) is 0.444. The van der Waals surface area contributed by atoms with Crippen molar-refractivity contribution in [2.75, 3.05) is 13.2 Å². The van der Waals surface area contributed by atoms with Gasteiger partial charge in [-0.1, -0.05) is 35.4 Å². The molecule has 3 rings (SSSR count). The van der Waals surface area contributed by atoms with E-state index in [0.29, 0.717) is 36.8 Å². The van der Waals surface area contributed by atoms with Crippen molar-refractivity contribution in [1.29, 1.82) is 0 Å². The number of aliphatic hydroxyl groups excluding tert-OH is 1. The molecular formula is C18H20N4O5. The summed E-state index contributed by atoms with van der Waals surface area (Å²) in [4.78, 5) is 27.4. The number of nitrogens with zero attached hydrogens (tertiary/aromatic N) is 3. The molecule has 1 aliphatic carbocycles. The lowest BCUT2D eigenvalue weighted by atomic mass is 9.79. The Kier molecular flexibility index (Phi) is 5.63. The molecule has 0 saturated heterocycles. The molecule has 1 fully saturated rings. The van der Waals surface area contributed by atoms with E-state index in [2.05, 4.69) is 15.3 Å². The average molecular weight is 372 g/mol. The number of aliphatic hydroxyl groups is 1. The molecule has 0 aromatic heterocycles. The Morgan fingerprint density at radius 2 is 2.04 bits per heavy atom. The zero-order chi connectivity index (χ0) is 19.3. The maximum absolute atomic E-state index is 12.7. The second-order valence-corrected chi connectivity index (χ2v) is 6.49. The molecule has 1 amide bonds. The number of carbonyl (C=O) groups is 2. The third kappa shape index (κ3) is 4.05. The number of amides is 1. The summed E-state index contributed by atoms with van der Waals surface area (Å²) in [6.45, 7) is -0.130. The van der Waals surface area contributed by atoms with Crippen molar-refractivity contribution < 1.29 is 24.2 Å². The van der Waals surface area contributed by atoms with Crippen LogP contribution in [0.4, 0.5) is 4.79 Å². The number of nitrogens with one attached hydrogen (secondary N) is 1. The van der Waals surface area contributed by atoms with Crippen LogP contribution in [0.1, 0.15) is 31.2 Å². The minimum Gasteiger partial charge on any atom is -0.434 e. The van der Waals surface area contributed by atoms with Gasteiger partial charge in [-0.2, -0.15) is 0 Å². The Morgan fingerprint density at radius 3 is 2.70 bits per heavy atom. The molecular weight excluding hydrogens is 352 g/mol. The van der Waals surface area contributed by atoms with Crippen molar-refractivity contribution >= 4 is 17.6 Å². The van der Waals surface area contributed by atoms with Crippen molar-refractivity contribution in [3.63, 3.8) is 0 Å². The molecule has 0 bridgehead atoms.